The van der Waals surface area contributed by atoms with Crippen LogP contribution in [0.1, 0.15) is 80.6 Å². The lowest BCUT2D eigenvalue weighted by atomic mass is 9.52. The first-order valence-corrected chi connectivity index (χ1v) is 12.2. The van der Waals surface area contributed by atoms with Gasteiger partial charge in [-0.05, 0) is 72.1 Å². The number of ketones is 2. The van der Waals surface area contributed by atoms with E-state index in [2.05, 4.69) is 0 Å². The maximum atomic E-state index is 14.3. The van der Waals surface area contributed by atoms with Gasteiger partial charge in [-0.3, -0.25) is 14.4 Å². The number of cyclic esters (lactones) is 1. The molecule has 7 atom stereocenters. The van der Waals surface area contributed by atoms with Gasteiger partial charge in [0, 0.05) is 18.4 Å². The van der Waals surface area contributed by atoms with Crippen molar-refractivity contribution in [3.63, 3.8) is 0 Å². The Morgan fingerprint density at radius 2 is 1.68 bits per heavy atom. The fraction of sp³-hybridized carbons (Fsp3) is 0.808. The number of allylic oxidation sites excluding steroid dienone is 2. The van der Waals surface area contributed by atoms with Gasteiger partial charge >= 0.3 is 5.97 Å². The lowest BCUT2D eigenvalue weighted by molar-refractivity contribution is -0.168. The van der Waals surface area contributed by atoms with Crippen molar-refractivity contribution < 1.29 is 39.5 Å². The van der Waals surface area contributed by atoms with Crippen molar-refractivity contribution in [2.24, 2.45) is 28.6 Å². The van der Waals surface area contributed by atoms with E-state index >= 15 is 0 Å². The second-order valence-electron chi connectivity index (χ2n) is 12.4. The summed E-state index contributed by atoms with van der Waals surface area (Å²) >= 11 is 0. The Morgan fingerprint density at radius 3 is 2.18 bits per heavy atom. The molecule has 2 saturated carbocycles. The Kier molecular flexibility index (Phi) is 6.42. The molecule has 1 saturated heterocycles. The van der Waals surface area contributed by atoms with Crippen molar-refractivity contribution in [3.8, 4) is 0 Å². The van der Waals surface area contributed by atoms with Gasteiger partial charge in [-0.1, -0.05) is 13.8 Å². The van der Waals surface area contributed by atoms with E-state index in [0.717, 1.165) is 6.08 Å². The zero-order chi connectivity index (χ0) is 26.1. The Hall–Kier alpha value is -1.77. The van der Waals surface area contributed by atoms with Crippen LogP contribution in [0.5, 0.6) is 0 Å². The third-order valence-electron chi connectivity index (χ3n) is 8.63. The molecule has 192 valence electrons. The normalized spacial score (nSPS) is 43.1. The van der Waals surface area contributed by atoms with Gasteiger partial charge in [-0.15, -0.1) is 0 Å². The van der Waals surface area contributed by atoms with Crippen LogP contribution >= 0.6 is 0 Å². The summed E-state index contributed by atoms with van der Waals surface area (Å²) in [6.45, 7) is 11.0. The maximum absolute atomic E-state index is 14.3. The molecule has 1 aliphatic heterocycles. The number of carbonyl (C=O) groups excluding carboxylic acids is 3. The molecule has 0 aromatic heterocycles. The van der Waals surface area contributed by atoms with Crippen molar-refractivity contribution in [3.05, 3.63) is 11.8 Å². The van der Waals surface area contributed by atoms with Gasteiger partial charge in [0.1, 0.15) is 17.3 Å². The van der Waals surface area contributed by atoms with Gasteiger partial charge in [-0.25, -0.2) is 0 Å². The van der Waals surface area contributed by atoms with Crippen LogP contribution in [0.3, 0.4) is 0 Å². The van der Waals surface area contributed by atoms with Crippen LogP contribution in [0.25, 0.3) is 0 Å². The monoisotopic (exact) mass is 480 g/mol. The van der Waals surface area contributed by atoms with Crippen LogP contribution in [-0.2, 0) is 19.1 Å². The molecule has 0 bridgehead atoms. The van der Waals surface area contributed by atoms with Crippen LogP contribution in [0.4, 0.5) is 0 Å². The van der Waals surface area contributed by atoms with Crippen LogP contribution in [0.2, 0.25) is 0 Å². The Morgan fingerprint density at radius 1 is 1.09 bits per heavy atom. The molecule has 0 radical (unpaired) electrons. The van der Waals surface area contributed by atoms with Crippen molar-refractivity contribution in [1.29, 1.82) is 0 Å². The molecule has 0 amide bonds. The number of carbonyl (C=O) groups is 3. The zero-order valence-electron chi connectivity index (χ0n) is 21.3. The Balaban J connectivity index is 2.16. The highest BCUT2D eigenvalue weighted by Gasteiger charge is 2.67. The van der Waals surface area contributed by atoms with E-state index in [9.17, 15) is 34.8 Å². The first-order valence-electron chi connectivity index (χ1n) is 12.2. The molecule has 2 aliphatic carbocycles. The molecule has 8 nitrogen and oxygen atoms in total. The highest BCUT2D eigenvalue weighted by atomic mass is 16.6. The third kappa shape index (κ3) is 4.22. The summed E-state index contributed by atoms with van der Waals surface area (Å²) in [6.07, 6.45) is 0.778. The second kappa shape index (κ2) is 8.14. The van der Waals surface area contributed by atoms with E-state index in [1.54, 1.807) is 27.7 Å². The predicted octanol–water partition coefficient (Wildman–Crippen LogP) is 2.62. The van der Waals surface area contributed by atoms with Crippen LogP contribution in [0, 0.1) is 28.6 Å². The van der Waals surface area contributed by atoms with Gasteiger partial charge in [0.25, 0.3) is 0 Å². The van der Waals surface area contributed by atoms with E-state index in [1.807, 2.05) is 0 Å². The summed E-state index contributed by atoms with van der Waals surface area (Å²) in [5, 5.41) is 44.4. The number of hydrogen-bond acceptors (Lipinski definition) is 8. The zero-order valence-corrected chi connectivity index (χ0v) is 21.3. The molecule has 0 spiro atoms. The molecule has 0 aromatic rings. The predicted molar refractivity (Wildman–Crippen MR) is 124 cm³/mol. The molecular weight excluding hydrogens is 440 g/mol. The highest BCUT2D eigenvalue weighted by Crippen LogP contribution is 2.61. The quantitative estimate of drug-likeness (QED) is 0.197. The van der Waals surface area contributed by atoms with E-state index in [1.165, 1.54) is 20.8 Å². The number of aliphatic hydroxyl groups is 4. The number of Topliss-reactive ketones (excluding diaryl/α,β-unsaturated/α-hetero) is 1. The Bertz CT molecular complexity index is 908. The van der Waals surface area contributed by atoms with Crippen LogP contribution < -0.4 is 0 Å². The average Bonchev–Trinajstić information content (AvgIpc) is 3.17. The summed E-state index contributed by atoms with van der Waals surface area (Å²) in [4.78, 5) is 39.9. The standard InChI is InChI=1S/C26H40O8/c1-14(2)17(27)10-18(28)26(11-16-15(25(7,33)13-26)8-9-24(16,6)32)20(29)23(5)12-19(22(3,4)31)34-21(23)30/h10,14-16,19,28,31-33H,8-9,11-13H2,1-7H3/t15-,16+,19-,23-,24-,25-,26+/m1/s1. The molecule has 8 heteroatoms. The maximum Gasteiger partial charge on any atom is 0.319 e. The highest BCUT2D eigenvalue weighted by molar-refractivity contribution is 6.09. The summed E-state index contributed by atoms with van der Waals surface area (Å²) in [7, 11) is 0. The molecule has 0 unspecified atom stereocenters. The van der Waals surface area contributed by atoms with Gasteiger partial charge in [0.2, 0.25) is 0 Å². The molecule has 3 rings (SSSR count). The van der Waals surface area contributed by atoms with Gasteiger partial charge in [0.15, 0.2) is 11.6 Å². The summed E-state index contributed by atoms with van der Waals surface area (Å²) in [5.41, 5.74) is -7.48. The van der Waals surface area contributed by atoms with Crippen molar-refractivity contribution in [2.75, 3.05) is 0 Å². The number of hydrogen-bond donors (Lipinski definition) is 4. The first-order chi connectivity index (χ1) is 15.3. The van der Waals surface area contributed by atoms with E-state index in [-0.39, 0.29) is 25.2 Å². The fourth-order valence-corrected chi connectivity index (χ4v) is 6.35. The number of fused-ring (bicyclic) bond motifs is 1. The van der Waals surface area contributed by atoms with Gasteiger partial charge < -0.3 is 25.2 Å². The molecule has 0 aromatic carbocycles. The van der Waals surface area contributed by atoms with E-state index in [0.29, 0.717) is 12.8 Å². The largest absolute Gasteiger partial charge is 0.511 e. The average molecular weight is 481 g/mol. The number of ether oxygens (including phenoxy) is 1. The summed E-state index contributed by atoms with van der Waals surface area (Å²) in [5.74, 6) is -3.64. The van der Waals surface area contributed by atoms with Crippen molar-refractivity contribution in [1.82, 2.24) is 0 Å². The topological polar surface area (TPSA) is 141 Å². The SMILES string of the molecule is CC(C)C(=O)C=C(O)[C@]1(C(=O)[C@@]2(C)C[C@H](C(C)(C)O)OC2=O)C[C@H]2[C@@H](CC[C@@]2(C)O)[C@](C)(O)C1. The minimum atomic E-state index is -1.77. The molecule has 3 fully saturated rings. The Labute approximate surface area is 201 Å². The van der Waals surface area contributed by atoms with Crippen molar-refractivity contribution in [2.45, 2.75) is 103 Å². The van der Waals surface area contributed by atoms with Gasteiger partial charge in [0.05, 0.1) is 22.2 Å². The fourth-order valence-electron chi connectivity index (χ4n) is 6.35. The first kappa shape index (κ1) is 26.8. The molecule has 1 heterocycles. The molecular formula is C26H40O8. The lowest BCUT2D eigenvalue weighted by Gasteiger charge is -2.52. The third-order valence-corrected chi connectivity index (χ3v) is 8.63. The van der Waals surface area contributed by atoms with E-state index in [4.69, 9.17) is 4.74 Å². The van der Waals surface area contributed by atoms with Crippen molar-refractivity contribution >= 4 is 17.5 Å². The minimum absolute atomic E-state index is 0.0105. The smallest absolute Gasteiger partial charge is 0.319 e. The molecule has 3 aliphatic rings. The van der Waals surface area contributed by atoms with Crippen LogP contribution in [-0.4, -0.2) is 60.9 Å². The lowest BCUT2D eigenvalue weighted by Crippen LogP contribution is -2.58. The van der Waals surface area contributed by atoms with E-state index < -0.39 is 68.9 Å². The number of rotatable bonds is 6. The number of esters is 1. The number of aliphatic hydroxyl groups excluding tert-OH is 1. The second-order valence-corrected chi connectivity index (χ2v) is 12.4. The van der Waals surface area contributed by atoms with Gasteiger partial charge in [-0.2, -0.15) is 0 Å². The minimum Gasteiger partial charge on any atom is -0.511 e. The van der Waals surface area contributed by atoms with Crippen LogP contribution in [0.15, 0.2) is 11.8 Å². The molecule has 4 N–H and O–H groups in total. The summed E-state index contributed by atoms with van der Waals surface area (Å²) < 4.78 is 5.39. The molecule has 34 heavy (non-hydrogen) atoms. The summed E-state index contributed by atoms with van der Waals surface area (Å²) in [6, 6.07) is 0.